The fourth-order valence-electron chi connectivity index (χ4n) is 2.52. The van der Waals surface area contributed by atoms with Gasteiger partial charge in [0.2, 0.25) is 5.91 Å². The topological polar surface area (TPSA) is 69.9 Å². The first-order valence-corrected chi connectivity index (χ1v) is 8.04. The zero-order valence-electron chi connectivity index (χ0n) is 13.8. The van der Waals surface area contributed by atoms with Gasteiger partial charge in [0.05, 0.1) is 6.04 Å². The Morgan fingerprint density at radius 1 is 1.05 bits per heavy atom. The minimum atomic E-state index is -0.431. The lowest BCUT2D eigenvalue weighted by atomic mass is 9.98. The van der Waals surface area contributed by atoms with Crippen LogP contribution in [0.25, 0.3) is 0 Å². The Kier molecular flexibility index (Phi) is 6.95. The quantitative estimate of drug-likeness (QED) is 0.822. The zero-order chi connectivity index (χ0) is 16.0. The molecule has 0 bridgehead atoms. The molecule has 21 heavy (non-hydrogen) atoms. The van der Waals surface area contributed by atoms with Gasteiger partial charge in [-0.1, -0.05) is 20.3 Å². The summed E-state index contributed by atoms with van der Waals surface area (Å²) in [6.07, 6.45) is 0.896. The van der Waals surface area contributed by atoms with Crippen LogP contribution in [0, 0.1) is 5.92 Å². The van der Waals surface area contributed by atoms with Crippen molar-refractivity contribution in [1.82, 2.24) is 14.7 Å². The number of carbonyl (C=O) groups excluding carboxylic acids is 2. The second-order valence-electron chi connectivity index (χ2n) is 5.68. The van der Waals surface area contributed by atoms with E-state index in [-0.39, 0.29) is 17.9 Å². The summed E-state index contributed by atoms with van der Waals surface area (Å²) in [7, 11) is 0. The average Bonchev–Trinajstić information content (AvgIpc) is 2.53. The molecule has 1 rings (SSSR count). The molecule has 1 aliphatic heterocycles. The molecule has 0 aromatic carbocycles. The molecule has 6 heteroatoms. The van der Waals surface area contributed by atoms with E-state index in [1.54, 1.807) is 4.90 Å². The zero-order valence-corrected chi connectivity index (χ0v) is 13.8. The Morgan fingerprint density at radius 3 is 1.95 bits per heavy atom. The highest BCUT2D eigenvalue weighted by atomic mass is 16.2. The van der Waals surface area contributed by atoms with Crippen LogP contribution in [0.2, 0.25) is 0 Å². The Bertz CT molecular complexity index is 350. The summed E-state index contributed by atoms with van der Waals surface area (Å²) in [4.78, 5) is 30.0. The normalized spacial score (nSPS) is 18.3. The number of piperazine rings is 1. The van der Waals surface area contributed by atoms with E-state index in [0.717, 1.165) is 6.42 Å². The summed E-state index contributed by atoms with van der Waals surface area (Å²) in [6, 6.07) is -0.363. The summed E-state index contributed by atoms with van der Waals surface area (Å²) in [5, 5.41) is 0. The first-order chi connectivity index (χ1) is 9.96. The Morgan fingerprint density at radius 2 is 1.52 bits per heavy atom. The Labute approximate surface area is 128 Å². The third-order valence-corrected chi connectivity index (χ3v) is 4.44. The van der Waals surface area contributed by atoms with Crippen LogP contribution in [0.15, 0.2) is 0 Å². The number of nitrogens with two attached hydrogens (primary N) is 1. The number of hydrogen-bond acceptors (Lipinski definition) is 3. The highest BCUT2D eigenvalue weighted by Crippen LogP contribution is 2.12. The molecule has 1 saturated heterocycles. The molecule has 122 valence electrons. The van der Waals surface area contributed by atoms with Gasteiger partial charge in [0.25, 0.3) is 0 Å². The summed E-state index contributed by atoms with van der Waals surface area (Å²) in [5.41, 5.74) is 6.01. The van der Waals surface area contributed by atoms with E-state index in [9.17, 15) is 9.59 Å². The van der Waals surface area contributed by atoms with Crippen molar-refractivity contribution in [3.8, 4) is 0 Å². The van der Waals surface area contributed by atoms with Crippen LogP contribution >= 0.6 is 0 Å². The molecular weight excluding hydrogens is 268 g/mol. The fourth-order valence-corrected chi connectivity index (χ4v) is 2.52. The standard InChI is InChI=1S/C15H30N4O2/c1-5-12(4)13(16)14(20)18-8-10-19(11-9-18)15(21)17(6-2)7-3/h12-13H,5-11,16H2,1-4H3/t12-,13-/m0/s1. The van der Waals surface area contributed by atoms with Gasteiger partial charge in [0.15, 0.2) is 0 Å². The lowest BCUT2D eigenvalue weighted by molar-refractivity contribution is -0.135. The fraction of sp³-hybridized carbons (Fsp3) is 0.867. The number of hydrogen-bond donors (Lipinski definition) is 1. The van der Waals surface area contributed by atoms with Gasteiger partial charge >= 0.3 is 6.03 Å². The largest absolute Gasteiger partial charge is 0.338 e. The molecule has 0 aromatic heterocycles. The van der Waals surface area contributed by atoms with Crippen molar-refractivity contribution in [2.24, 2.45) is 11.7 Å². The SMILES string of the molecule is CC[C@H](C)[C@H](N)C(=O)N1CCN(C(=O)N(CC)CC)CC1. The minimum Gasteiger partial charge on any atom is -0.338 e. The number of carbonyl (C=O) groups is 2. The van der Waals surface area contributed by atoms with Crippen molar-refractivity contribution < 1.29 is 9.59 Å². The van der Waals surface area contributed by atoms with E-state index in [1.807, 2.05) is 37.5 Å². The molecule has 1 aliphatic rings. The first-order valence-electron chi connectivity index (χ1n) is 8.04. The molecule has 0 aliphatic carbocycles. The van der Waals surface area contributed by atoms with Crippen LogP contribution in [0.1, 0.15) is 34.1 Å². The summed E-state index contributed by atoms with van der Waals surface area (Å²) < 4.78 is 0. The van der Waals surface area contributed by atoms with Crippen LogP contribution in [0.3, 0.4) is 0 Å². The van der Waals surface area contributed by atoms with Gasteiger partial charge in [-0.25, -0.2) is 4.79 Å². The second kappa shape index (κ2) is 8.22. The Hall–Kier alpha value is -1.30. The molecule has 1 fully saturated rings. The second-order valence-corrected chi connectivity index (χ2v) is 5.68. The maximum Gasteiger partial charge on any atom is 0.320 e. The van der Waals surface area contributed by atoms with Gasteiger partial charge in [0, 0.05) is 39.3 Å². The number of rotatable bonds is 5. The lowest BCUT2D eigenvalue weighted by Crippen LogP contribution is -2.57. The van der Waals surface area contributed by atoms with Gasteiger partial charge in [-0.05, 0) is 19.8 Å². The van der Waals surface area contributed by atoms with Crippen molar-refractivity contribution >= 4 is 11.9 Å². The summed E-state index contributed by atoms with van der Waals surface area (Å²) in [5.74, 6) is 0.201. The van der Waals surface area contributed by atoms with E-state index in [4.69, 9.17) is 5.73 Å². The Balaban J connectivity index is 2.52. The lowest BCUT2D eigenvalue weighted by Gasteiger charge is -2.38. The number of amides is 3. The molecule has 0 unspecified atom stereocenters. The van der Waals surface area contributed by atoms with Gasteiger partial charge in [-0.2, -0.15) is 0 Å². The molecule has 0 saturated carbocycles. The number of nitrogens with zero attached hydrogens (tertiary/aromatic N) is 3. The molecule has 2 N–H and O–H groups in total. The van der Waals surface area contributed by atoms with Crippen molar-refractivity contribution in [2.75, 3.05) is 39.3 Å². The van der Waals surface area contributed by atoms with Crippen LogP contribution < -0.4 is 5.73 Å². The third-order valence-electron chi connectivity index (χ3n) is 4.44. The van der Waals surface area contributed by atoms with E-state index < -0.39 is 6.04 Å². The first kappa shape index (κ1) is 17.8. The van der Waals surface area contributed by atoms with Crippen molar-refractivity contribution in [3.05, 3.63) is 0 Å². The van der Waals surface area contributed by atoms with Gasteiger partial charge < -0.3 is 20.4 Å². The molecule has 1 heterocycles. The molecule has 2 atom stereocenters. The van der Waals surface area contributed by atoms with E-state index in [0.29, 0.717) is 39.3 Å². The highest BCUT2D eigenvalue weighted by Gasteiger charge is 2.30. The predicted octanol–water partition coefficient (Wildman–Crippen LogP) is 0.966. The monoisotopic (exact) mass is 298 g/mol. The van der Waals surface area contributed by atoms with Crippen LogP contribution in [0.4, 0.5) is 4.79 Å². The van der Waals surface area contributed by atoms with Crippen LogP contribution in [-0.2, 0) is 4.79 Å². The molecule has 0 spiro atoms. The minimum absolute atomic E-state index is 0.0132. The summed E-state index contributed by atoms with van der Waals surface area (Å²) in [6.45, 7) is 11.8. The third kappa shape index (κ3) is 4.33. The molecular formula is C15H30N4O2. The van der Waals surface area contributed by atoms with E-state index in [1.165, 1.54) is 0 Å². The molecule has 6 nitrogen and oxygen atoms in total. The van der Waals surface area contributed by atoms with E-state index in [2.05, 4.69) is 0 Å². The van der Waals surface area contributed by atoms with Crippen LogP contribution in [-0.4, -0.2) is 71.9 Å². The molecule has 0 aromatic rings. The average molecular weight is 298 g/mol. The van der Waals surface area contributed by atoms with E-state index >= 15 is 0 Å². The van der Waals surface area contributed by atoms with Gasteiger partial charge in [-0.15, -0.1) is 0 Å². The van der Waals surface area contributed by atoms with Gasteiger partial charge in [-0.3, -0.25) is 4.79 Å². The molecule has 3 amide bonds. The van der Waals surface area contributed by atoms with Crippen molar-refractivity contribution in [3.63, 3.8) is 0 Å². The van der Waals surface area contributed by atoms with Crippen LogP contribution in [0.5, 0.6) is 0 Å². The van der Waals surface area contributed by atoms with Gasteiger partial charge in [0.1, 0.15) is 0 Å². The predicted molar refractivity (Wildman–Crippen MR) is 83.9 cm³/mol. The van der Waals surface area contributed by atoms with Crippen molar-refractivity contribution in [2.45, 2.75) is 40.2 Å². The molecule has 0 radical (unpaired) electrons. The maximum absolute atomic E-state index is 12.3. The van der Waals surface area contributed by atoms with Crippen molar-refractivity contribution in [1.29, 1.82) is 0 Å². The maximum atomic E-state index is 12.3. The summed E-state index contributed by atoms with van der Waals surface area (Å²) >= 11 is 0. The highest BCUT2D eigenvalue weighted by molar-refractivity contribution is 5.82. The smallest absolute Gasteiger partial charge is 0.320 e. The number of urea groups is 1.